The summed E-state index contributed by atoms with van der Waals surface area (Å²) in [6, 6.07) is 37.9. The fourth-order valence-electron chi connectivity index (χ4n) is 15.9. The summed E-state index contributed by atoms with van der Waals surface area (Å²) >= 11 is 0. The van der Waals surface area contributed by atoms with Crippen LogP contribution in [0.1, 0.15) is 108 Å². The van der Waals surface area contributed by atoms with Gasteiger partial charge < -0.3 is 61.6 Å². The van der Waals surface area contributed by atoms with Gasteiger partial charge in [-0.2, -0.15) is 0 Å². The Hall–Kier alpha value is -11.6. The van der Waals surface area contributed by atoms with E-state index in [1.807, 2.05) is 112 Å². The van der Waals surface area contributed by atoms with E-state index < -0.39 is 11.8 Å². The molecule has 3 saturated heterocycles. The number of esters is 2. The molecule has 29 nitrogen and oxygen atoms in total. The molecule has 0 spiro atoms. The Kier molecular flexibility index (Phi) is 29.0. The number of hydrogen-bond donors (Lipinski definition) is 1. The molecule has 17 rings (SSSR count). The van der Waals surface area contributed by atoms with Gasteiger partial charge in [-0.3, -0.25) is 57.9 Å². The second-order valence-corrected chi connectivity index (χ2v) is 29.8. The average Bonchev–Trinajstić information content (AvgIpc) is 1.65. The van der Waals surface area contributed by atoms with Crippen molar-refractivity contribution in [1.82, 2.24) is 50.0 Å². The lowest BCUT2D eigenvalue weighted by atomic mass is 9.83. The molecule has 2 atom stereocenters. The van der Waals surface area contributed by atoms with Crippen molar-refractivity contribution in [3.8, 4) is 23.0 Å². The standard InChI is InChI=1S/2C25H27N3O5.C23H27N3O5.C15H13NO4.2ClH/c2*1-16(29)28-10-8-27(9-11-28)12-13-32-19-4-6-20-17(14-19)2-7-23-24(20)25(26-33-23)21-5-3-18(30)15-22(21)31;1-3-29-22(28)15-20-23-19-6-5-18(14-17(19)4-7-21(23)31-24-20)30-13-12-25-8-10-26(11-9-25)16(2)27;1-2-19-14(18)8-12-15-11-5-4-10(17)7-9(11)3-6-13(15)20-16-12;;/h2*2,4,6-7,14,21H,3,5,8-13,15H2,1H3;4-7,14H,3,8-13,15H2,1-2H3;3-7,17H,2,8H2,1H3;2*1H. The number of phenols is 1. The molecule has 2 unspecified atom stereocenters. The molecule has 4 aromatic heterocycles. The molecule has 1 N–H and O–H groups in total. The Bertz CT molecular complexity index is 5530. The number of ketones is 4. The minimum absolute atomic E-state index is 0. The van der Waals surface area contributed by atoms with Crippen LogP contribution in [-0.2, 0) is 65.5 Å². The summed E-state index contributed by atoms with van der Waals surface area (Å²) < 4.78 is 49.7. The maximum atomic E-state index is 12.5. The van der Waals surface area contributed by atoms with Gasteiger partial charge in [0.25, 0.3) is 0 Å². The van der Waals surface area contributed by atoms with Crippen molar-refractivity contribution in [3.63, 3.8) is 0 Å². The van der Waals surface area contributed by atoms with Crippen LogP contribution in [0.2, 0.25) is 0 Å². The summed E-state index contributed by atoms with van der Waals surface area (Å²) in [7, 11) is 0. The quantitative estimate of drug-likeness (QED) is 0.0547. The molecule has 12 aromatic rings. The second-order valence-electron chi connectivity index (χ2n) is 29.8. The van der Waals surface area contributed by atoms with Crippen LogP contribution in [0, 0.1) is 0 Å². The van der Waals surface area contributed by atoms with Crippen molar-refractivity contribution in [2.24, 2.45) is 0 Å². The second kappa shape index (κ2) is 39.7. The van der Waals surface area contributed by atoms with Crippen molar-refractivity contribution >= 4 is 165 Å². The van der Waals surface area contributed by atoms with Crippen LogP contribution in [0.25, 0.3) is 87.0 Å². The number of rotatable bonds is 20. The first-order chi connectivity index (χ1) is 56.7. The fraction of sp³-hybridized carbons (Fsp3) is 0.398. The third-order valence-electron chi connectivity index (χ3n) is 22.2. The highest BCUT2D eigenvalue weighted by Gasteiger charge is 2.35. The zero-order chi connectivity index (χ0) is 81.8. The Balaban J connectivity index is 0.000000147. The van der Waals surface area contributed by atoms with E-state index in [1.165, 1.54) is 0 Å². The van der Waals surface area contributed by atoms with E-state index in [4.69, 9.17) is 41.8 Å². The molecule has 3 amide bonds. The first-order valence-corrected chi connectivity index (χ1v) is 39.9. The molecule has 5 fully saturated rings. The zero-order valence-electron chi connectivity index (χ0n) is 67.1. The number of nitrogens with zero attached hydrogens (tertiary/aromatic N) is 10. The fourth-order valence-corrected chi connectivity index (χ4v) is 15.9. The predicted octanol–water partition coefficient (Wildman–Crippen LogP) is 12.1. The van der Waals surface area contributed by atoms with Crippen molar-refractivity contribution in [2.75, 3.05) is 131 Å². The summed E-state index contributed by atoms with van der Waals surface area (Å²) in [6.07, 6.45) is 1.87. The van der Waals surface area contributed by atoms with Crippen LogP contribution < -0.4 is 14.2 Å². The van der Waals surface area contributed by atoms with Gasteiger partial charge in [-0.25, -0.2) is 0 Å². The lowest BCUT2D eigenvalue weighted by molar-refractivity contribution is -0.143. The minimum Gasteiger partial charge on any atom is -0.508 e. The average molecular weight is 1670 g/mol. The Morgan fingerprint density at radius 1 is 0.403 bits per heavy atom. The van der Waals surface area contributed by atoms with Gasteiger partial charge in [0.15, 0.2) is 22.3 Å². The topological polar surface area (TPSA) is 344 Å². The maximum Gasteiger partial charge on any atom is 0.312 e. The highest BCUT2D eigenvalue weighted by molar-refractivity contribution is 6.14. The number of carbonyl (C=O) groups excluding carboxylic acids is 9. The smallest absolute Gasteiger partial charge is 0.312 e. The van der Waals surface area contributed by atoms with Crippen LogP contribution in [0.15, 0.2) is 139 Å². The van der Waals surface area contributed by atoms with Gasteiger partial charge >= 0.3 is 11.9 Å². The van der Waals surface area contributed by atoms with E-state index in [0.29, 0.717) is 104 Å². The number of carbonyl (C=O) groups is 9. The number of Topliss-reactive ketones (excluding diaryl/α,β-unsaturated/α-hetero) is 4. The van der Waals surface area contributed by atoms with Gasteiger partial charge in [-0.05, 0) is 167 Å². The van der Waals surface area contributed by atoms with Crippen molar-refractivity contribution in [1.29, 1.82) is 0 Å². The molecular weight excluding hydrogens is 1570 g/mol. The number of aromatic nitrogens is 4. The lowest BCUT2D eigenvalue weighted by Gasteiger charge is -2.34. The Morgan fingerprint density at radius 2 is 0.714 bits per heavy atom. The first-order valence-electron chi connectivity index (χ1n) is 39.9. The molecule has 31 heteroatoms. The lowest BCUT2D eigenvalue weighted by Crippen LogP contribution is -2.48. The van der Waals surface area contributed by atoms with Crippen molar-refractivity contribution in [2.45, 2.75) is 97.8 Å². The molecule has 2 saturated carbocycles. The largest absolute Gasteiger partial charge is 0.508 e. The summed E-state index contributed by atoms with van der Waals surface area (Å²) in [6.45, 7) is 23.0. The van der Waals surface area contributed by atoms with Gasteiger partial charge in [0, 0.05) is 132 Å². The minimum atomic E-state index is -0.394. The SMILES string of the molecule is CC(=O)N1CCN(CCOc2ccc3c(ccc4onc(C5CCC(=O)CC5=O)c43)c2)CC1.CC(=O)N1CCN(CCOc2ccc3c(ccc4onc(C5CCC(=O)CC5=O)c43)c2)CC1.CCOC(=O)Cc1noc2ccc3cc(O)ccc3c12.CCOC(=O)Cc1noc2ccc3cc(OCCN4CCN(C(C)=O)CC4)ccc3c12.Cl.Cl. The van der Waals surface area contributed by atoms with Gasteiger partial charge in [-0.1, -0.05) is 44.9 Å². The highest BCUT2D eigenvalue weighted by Crippen LogP contribution is 2.41. The number of aromatic hydroxyl groups is 1. The molecule has 5 aliphatic rings. The number of fused-ring (bicyclic) bond motifs is 12. The molecule has 119 heavy (non-hydrogen) atoms. The normalized spacial score (nSPS) is 16.8. The molecule has 0 radical (unpaired) electrons. The number of halogens is 2. The summed E-state index contributed by atoms with van der Waals surface area (Å²) in [5.41, 5.74) is 4.93. The first kappa shape index (κ1) is 86.7. The van der Waals surface area contributed by atoms with E-state index in [0.717, 1.165) is 180 Å². The van der Waals surface area contributed by atoms with E-state index in [9.17, 15) is 48.3 Å². The molecule has 0 bridgehead atoms. The third-order valence-corrected chi connectivity index (χ3v) is 22.2. The van der Waals surface area contributed by atoms with Crippen LogP contribution in [0.5, 0.6) is 23.0 Å². The van der Waals surface area contributed by atoms with Crippen LogP contribution in [-0.4, -0.2) is 239 Å². The predicted molar refractivity (Wildman–Crippen MR) is 449 cm³/mol. The molecular formula is C88H96Cl2N10O19. The summed E-state index contributed by atoms with van der Waals surface area (Å²) in [5.74, 6) is 1.33. The number of hydrogen-bond acceptors (Lipinski definition) is 26. The van der Waals surface area contributed by atoms with Crippen molar-refractivity contribution in [3.05, 3.63) is 144 Å². The van der Waals surface area contributed by atoms with Gasteiger partial charge in [0.2, 0.25) is 17.7 Å². The summed E-state index contributed by atoms with van der Waals surface area (Å²) in [4.78, 5) is 119. The van der Waals surface area contributed by atoms with E-state index in [1.54, 1.807) is 58.9 Å². The van der Waals surface area contributed by atoms with E-state index >= 15 is 0 Å². The van der Waals surface area contributed by atoms with Gasteiger partial charge in [0.1, 0.15) is 88.7 Å². The van der Waals surface area contributed by atoms with Gasteiger partial charge in [0.05, 0.1) is 72.3 Å². The van der Waals surface area contributed by atoms with Crippen LogP contribution in [0.3, 0.4) is 0 Å². The van der Waals surface area contributed by atoms with Crippen molar-refractivity contribution < 1.29 is 90.0 Å². The Labute approximate surface area is 697 Å². The van der Waals surface area contributed by atoms with Gasteiger partial charge in [-0.15, -0.1) is 24.8 Å². The molecule has 8 aromatic carbocycles. The zero-order valence-corrected chi connectivity index (χ0v) is 68.7. The van der Waals surface area contributed by atoms with Crippen LogP contribution >= 0.6 is 24.8 Å². The highest BCUT2D eigenvalue weighted by atomic mass is 35.5. The monoisotopic (exact) mass is 1670 g/mol. The number of benzene rings is 8. The number of piperazine rings is 3. The number of amides is 3. The molecule has 3 aliphatic heterocycles. The molecule has 626 valence electrons. The third kappa shape index (κ3) is 20.7. The number of phenolic OH excluding ortho intramolecular Hbond substituents is 1. The van der Waals surface area contributed by atoms with E-state index in [2.05, 4.69) is 35.3 Å². The maximum absolute atomic E-state index is 12.5. The van der Waals surface area contributed by atoms with Crippen LogP contribution in [0.4, 0.5) is 0 Å². The van der Waals surface area contributed by atoms with E-state index in [-0.39, 0.29) is 109 Å². The Morgan fingerprint density at radius 3 is 1.04 bits per heavy atom. The molecule has 7 heterocycles. The summed E-state index contributed by atoms with van der Waals surface area (Å²) in [5, 5.41) is 36.9. The molecule has 2 aliphatic carbocycles. The number of ether oxygens (including phenoxy) is 5.